The molecule has 0 spiro atoms. The Morgan fingerprint density at radius 3 is 2.79 bits per heavy atom. The molecular weight excluding hydrogens is 236 g/mol. The summed E-state index contributed by atoms with van der Waals surface area (Å²) < 4.78 is 5.01. The quantitative estimate of drug-likeness (QED) is 0.601. The third-order valence-corrected chi connectivity index (χ3v) is 3.58. The van der Waals surface area contributed by atoms with Gasteiger partial charge in [0.2, 0.25) is 0 Å². The van der Waals surface area contributed by atoms with E-state index in [0.717, 1.165) is 18.4 Å². The Kier molecular flexibility index (Phi) is 3.08. The lowest BCUT2D eigenvalue weighted by molar-refractivity contribution is -0.137. The molecule has 1 aliphatic carbocycles. The Balaban J connectivity index is 2.14. The van der Waals surface area contributed by atoms with Crippen molar-refractivity contribution in [2.24, 2.45) is 0 Å². The maximum Gasteiger partial charge on any atom is 0.331 e. The van der Waals surface area contributed by atoms with Crippen molar-refractivity contribution in [3.8, 4) is 0 Å². The molecule has 2 aromatic carbocycles. The van der Waals surface area contributed by atoms with Crippen LogP contribution in [0.15, 0.2) is 42.5 Å². The highest BCUT2D eigenvalue weighted by Crippen LogP contribution is 2.35. The predicted octanol–water partition coefficient (Wildman–Crippen LogP) is 3.73. The van der Waals surface area contributed by atoms with E-state index >= 15 is 0 Å². The summed E-state index contributed by atoms with van der Waals surface area (Å²) in [6.07, 6.45) is 3.53. The average Bonchev–Trinajstić information content (AvgIpc) is 2.43. The van der Waals surface area contributed by atoms with Crippen LogP contribution in [-0.2, 0) is 16.0 Å². The van der Waals surface area contributed by atoms with Gasteiger partial charge in [0.05, 0.1) is 6.61 Å². The number of carbonyl (C=O) groups excluding carboxylic acids is 1. The molecule has 0 saturated heterocycles. The fourth-order valence-electron chi connectivity index (χ4n) is 2.77. The molecule has 1 aliphatic rings. The summed E-state index contributed by atoms with van der Waals surface area (Å²) in [4.78, 5) is 11.6. The second kappa shape index (κ2) is 4.88. The zero-order valence-electron chi connectivity index (χ0n) is 11.0. The van der Waals surface area contributed by atoms with E-state index in [9.17, 15) is 4.79 Å². The van der Waals surface area contributed by atoms with Crippen LogP contribution in [-0.4, -0.2) is 12.6 Å². The van der Waals surface area contributed by atoms with Crippen LogP contribution in [0.3, 0.4) is 0 Å². The highest BCUT2D eigenvalue weighted by atomic mass is 16.5. The second-order valence-corrected chi connectivity index (χ2v) is 4.74. The van der Waals surface area contributed by atoms with Crippen LogP contribution in [0.4, 0.5) is 0 Å². The van der Waals surface area contributed by atoms with E-state index < -0.39 is 0 Å². The van der Waals surface area contributed by atoms with Crippen molar-refractivity contribution in [3.05, 3.63) is 53.6 Å². The number of hydrogen-bond acceptors (Lipinski definition) is 2. The van der Waals surface area contributed by atoms with Crippen molar-refractivity contribution in [2.75, 3.05) is 6.61 Å². The Morgan fingerprint density at radius 2 is 2.00 bits per heavy atom. The van der Waals surface area contributed by atoms with Crippen molar-refractivity contribution in [3.63, 3.8) is 0 Å². The molecule has 0 fully saturated rings. The molecule has 0 atom stereocenters. The fraction of sp³-hybridized carbons (Fsp3) is 0.235. The normalized spacial score (nSPS) is 15.7. The van der Waals surface area contributed by atoms with Gasteiger partial charge in [-0.1, -0.05) is 36.4 Å². The van der Waals surface area contributed by atoms with E-state index in [-0.39, 0.29) is 5.97 Å². The Hall–Kier alpha value is -2.09. The number of rotatable bonds is 2. The monoisotopic (exact) mass is 252 g/mol. The molecule has 0 N–H and O–H groups in total. The van der Waals surface area contributed by atoms with Crippen LogP contribution in [0, 0.1) is 0 Å². The van der Waals surface area contributed by atoms with Crippen LogP contribution >= 0.6 is 0 Å². The molecule has 0 heterocycles. The van der Waals surface area contributed by atoms with Gasteiger partial charge in [-0.3, -0.25) is 0 Å². The molecule has 0 aromatic heterocycles. The summed E-state index contributed by atoms with van der Waals surface area (Å²) in [5.74, 6) is -0.242. The van der Waals surface area contributed by atoms with E-state index in [2.05, 4.69) is 30.3 Å². The van der Waals surface area contributed by atoms with Gasteiger partial charge in [0.15, 0.2) is 0 Å². The van der Waals surface area contributed by atoms with E-state index in [1.54, 1.807) is 6.08 Å². The third kappa shape index (κ3) is 2.14. The fourth-order valence-corrected chi connectivity index (χ4v) is 2.77. The molecular formula is C17H16O2. The van der Waals surface area contributed by atoms with Gasteiger partial charge in [0, 0.05) is 6.08 Å². The standard InChI is InChI=1S/C17H16O2/c1-2-19-16(18)11-14-10-9-13-6-3-5-12-7-4-8-15(14)17(12)13/h3-8,11H,2,9-10H2,1H3/b14-11-. The zero-order chi connectivity index (χ0) is 13.2. The number of allylic oxidation sites excluding steroid dienone is 1. The van der Waals surface area contributed by atoms with Crippen LogP contribution in [0.2, 0.25) is 0 Å². The lowest BCUT2D eigenvalue weighted by Gasteiger charge is -2.19. The smallest absolute Gasteiger partial charge is 0.331 e. The van der Waals surface area contributed by atoms with E-state index in [1.165, 1.54) is 21.9 Å². The van der Waals surface area contributed by atoms with Crippen molar-refractivity contribution in [2.45, 2.75) is 19.8 Å². The minimum atomic E-state index is -0.242. The first kappa shape index (κ1) is 12.0. The molecule has 3 rings (SSSR count). The Bertz CT molecular complexity index is 663. The van der Waals surface area contributed by atoms with Gasteiger partial charge in [-0.15, -0.1) is 0 Å². The summed E-state index contributed by atoms with van der Waals surface area (Å²) in [6, 6.07) is 12.7. The van der Waals surface area contributed by atoms with Crippen molar-refractivity contribution >= 4 is 22.3 Å². The first-order valence-electron chi connectivity index (χ1n) is 6.68. The van der Waals surface area contributed by atoms with Gasteiger partial charge in [-0.25, -0.2) is 4.79 Å². The number of ether oxygens (including phenoxy) is 1. The van der Waals surface area contributed by atoms with Gasteiger partial charge in [-0.05, 0) is 47.2 Å². The molecule has 19 heavy (non-hydrogen) atoms. The molecule has 2 nitrogen and oxygen atoms in total. The molecule has 0 saturated carbocycles. The molecule has 0 aliphatic heterocycles. The Labute approximate surface area is 112 Å². The number of esters is 1. The van der Waals surface area contributed by atoms with Gasteiger partial charge in [0.25, 0.3) is 0 Å². The first-order chi connectivity index (χ1) is 9.29. The van der Waals surface area contributed by atoms with Crippen LogP contribution in [0.5, 0.6) is 0 Å². The van der Waals surface area contributed by atoms with Gasteiger partial charge in [-0.2, -0.15) is 0 Å². The van der Waals surface area contributed by atoms with Gasteiger partial charge < -0.3 is 4.74 Å². The van der Waals surface area contributed by atoms with Crippen molar-refractivity contribution in [1.29, 1.82) is 0 Å². The lowest BCUT2D eigenvalue weighted by atomic mass is 9.85. The number of aryl methyl sites for hydroxylation is 1. The topological polar surface area (TPSA) is 26.3 Å². The van der Waals surface area contributed by atoms with Crippen LogP contribution < -0.4 is 0 Å². The SMILES string of the molecule is CCOC(=O)/C=C1/CCc2cccc3cccc1c23. The highest BCUT2D eigenvalue weighted by molar-refractivity contribution is 6.02. The number of hydrogen-bond donors (Lipinski definition) is 0. The largest absolute Gasteiger partial charge is 0.463 e. The Morgan fingerprint density at radius 1 is 1.21 bits per heavy atom. The summed E-state index contributed by atoms with van der Waals surface area (Å²) >= 11 is 0. The van der Waals surface area contributed by atoms with Crippen LogP contribution in [0.25, 0.3) is 16.3 Å². The maximum atomic E-state index is 11.6. The first-order valence-corrected chi connectivity index (χ1v) is 6.68. The van der Waals surface area contributed by atoms with E-state index in [4.69, 9.17) is 4.74 Å². The molecule has 0 amide bonds. The summed E-state index contributed by atoms with van der Waals surface area (Å²) in [7, 11) is 0. The van der Waals surface area contributed by atoms with Crippen molar-refractivity contribution < 1.29 is 9.53 Å². The summed E-state index contributed by atoms with van der Waals surface area (Å²) in [5, 5.41) is 2.52. The third-order valence-electron chi connectivity index (χ3n) is 3.58. The summed E-state index contributed by atoms with van der Waals surface area (Å²) in [5.41, 5.74) is 3.63. The molecule has 2 aromatic rings. The van der Waals surface area contributed by atoms with E-state index in [0.29, 0.717) is 6.61 Å². The molecule has 0 radical (unpaired) electrons. The number of benzene rings is 2. The predicted molar refractivity (Wildman–Crippen MR) is 76.9 cm³/mol. The minimum absolute atomic E-state index is 0.242. The minimum Gasteiger partial charge on any atom is -0.463 e. The lowest BCUT2D eigenvalue weighted by Crippen LogP contribution is -2.05. The van der Waals surface area contributed by atoms with Gasteiger partial charge >= 0.3 is 5.97 Å². The highest BCUT2D eigenvalue weighted by Gasteiger charge is 2.16. The van der Waals surface area contributed by atoms with Crippen LogP contribution in [0.1, 0.15) is 24.5 Å². The van der Waals surface area contributed by atoms with Crippen molar-refractivity contribution in [1.82, 2.24) is 0 Å². The zero-order valence-corrected chi connectivity index (χ0v) is 11.0. The molecule has 96 valence electrons. The summed E-state index contributed by atoms with van der Waals surface area (Å²) in [6.45, 7) is 2.25. The maximum absolute atomic E-state index is 11.6. The second-order valence-electron chi connectivity index (χ2n) is 4.74. The van der Waals surface area contributed by atoms with E-state index in [1.807, 2.05) is 13.0 Å². The number of carbonyl (C=O) groups is 1. The molecule has 2 heteroatoms. The molecule has 0 bridgehead atoms. The van der Waals surface area contributed by atoms with Gasteiger partial charge in [0.1, 0.15) is 0 Å². The molecule has 0 unspecified atom stereocenters. The average molecular weight is 252 g/mol.